The van der Waals surface area contributed by atoms with Gasteiger partial charge < -0.3 is 14.8 Å². The third-order valence-corrected chi connectivity index (χ3v) is 4.69. The number of anilines is 1. The monoisotopic (exact) mass is 291 g/mol. The van der Waals surface area contributed by atoms with E-state index >= 15 is 0 Å². The molecule has 3 heterocycles. The number of nitrogens with zero attached hydrogens (tertiary/aromatic N) is 4. The first-order chi connectivity index (χ1) is 10.1. The molecule has 1 fully saturated rings. The number of hydrogen-bond donors (Lipinski definition) is 1. The molecule has 116 valence electrons. The molecule has 0 unspecified atom stereocenters. The fraction of sp³-hybridized carbons (Fsp3) is 0.733. The van der Waals surface area contributed by atoms with E-state index in [1.54, 1.807) is 6.20 Å². The molecule has 21 heavy (non-hydrogen) atoms. The Balaban J connectivity index is 1.62. The predicted molar refractivity (Wildman–Crippen MR) is 82.3 cm³/mol. The van der Waals surface area contributed by atoms with Crippen LogP contribution in [0.4, 0.5) is 5.82 Å². The van der Waals surface area contributed by atoms with Crippen molar-refractivity contribution in [1.29, 1.82) is 0 Å². The summed E-state index contributed by atoms with van der Waals surface area (Å²) in [6.45, 7) is 6.92. The highest BCUT2D eigenvalue weighted by Crippen LogP contribution is 2.20. The van der Waals surface area contributed by atoms with Crippen LogP contribution in [0.15, 0.2) is 6.20 Å². The van der Waals surface area contributed by atoms with Gasteiger partial charge in [-0.3, -0.25) is 9.69 Å². The van der Waals surface area contributed by atoms with E-state index in [0.717, 1.165) is 50.8 Å². The topological polar surface area (TPSA) is 53.4 Å². The number of likely N-dealkylation sites (N-methyl/N-ethyl adjacent to an activating group) is 1. The maximum absolute atomic E-state index is 12.5. The molecular formula is C15H25N5O. The summed E-state index contributed by atoms with van der Waals surface area (Å²) < 4.78 is 2.15. The molecule has 0 aliphatic carbocycles. The van der Waals surface area contributed by atoms with E-state index in [4.69, 9.17) is 0 Å². The summed E-state index contributed by atoms with van der Waals surface area (Å²) in [5, 5.41) is 3.06. The average molecular weight is 291 g/mol. The summed E-state index contributed by atoms with van der Waals surface area (Å²) in [6, 6.07) is -0.0894. The molecule has 0 spiro atoms. The van der Waals surface area contributed by atoms with E-state index in [1.807, 2.05) is 6.92 Å². The third kappa shape index (κ3) is 3.11. The van der Waals surface area contributed by atoms with Crippen molar-refractivity contribution in [1.82, 2.24) is 19.4 Å². The van der Waals surface area contributed by atoms with Crippen LogP contribution in [-0.2, 0) is 17.8 Å². The molecule has 0 radical (unpaired) electrons. The van der Waals surface area contributed by atoms with Gasteiger partial charge in [0.25, 0.3) is 0 Å². The minimum Gasteiger partial charge on any atom is -0.315 e. The third-order valence-electron chi connectivity index (χ3n) is 4.69. The van der Waals surface area contributed by atoms with E-state index in [9.17, 15) is 4.79 Å². The highest BCUT2D eigenvalue weighted by molar-refractivity contribution is 5.93. The molecule has 6 nitrogen and oxygen atoms in total. The van der Waals surface area contributed by atoms with Crippen molar-refractivity contribution in [2.24, 2.45) is 0 Å². The van der Waals surface area contributed by atoms with Crippen LogP contribution in [-0.4, -0.2) is 64.5 Å². The van der Waals surface area contributed by atoms with Crippen LogP contribution in [0.1, 0.15) is 25.6 Å². The molecule has 1 aromatic rings. The number of aryl methyl sites for hydroxylation is 1. The second-order valence-electron chi connectivity index (χ2n) is 6.17. The van der Waals surface area contributed by atoms with Gasteiger partial charge in [-0.05, 0) is 26.8 Å². The zero-order valence-electron chi connectivity index (χ0n) is 13.0. The minimum atomic E-state index is -0.0894. The van der Waals surface area contributed by atoms with Gasteiger partial charge in [-0.25, -0.2) is 4.98 Å². The van der Waals surface area contributed by atoms with Crippen molar-refractivity contribution < 1.29 is 4.79 Å². The van der Waals surface area contributed by atoms with Crippen molar-refractivity contribution in [3.63, 3.8) is 0 Å². The van der Waals surface area contributed by atoms with Crippen LogP contribution >= 0.6 is 0 Å². The second kappa shape index (κ2) is 6.15. The number of amides is 1. The molecule has 6 heteroatoms. The number of imidazole rings is 1. The number of hydrogen-bond acceptors (Lipinski definition) is 4. The molecule has 0 saturated carbocycles. The number of carbonyl (C=O) groups is 1. The largest absolute Gasteiger partial charge is 0.315 e. The lowest BCUT2D eigenvalue weighted by Gasteiger charge is -2.35. The number of piperazine rings is 1. The fourth-order valence-electron chi connectivity index (χ4n) is 3.12. The SMILES string of the molecule is C[C@H](C(=O)Nc1cnc2n1CCCC2)N1CCN(C)CC1. The number of carbonyl (C=O) groups excluding carboxylic acids is 1. The number of fused-ring (bicyclic) bond motifs is 1. The number of nitrogens with one attached hydrogen (secondary N) is 1. The molecule has 3 rings (SSSR count). The lowest BCUT2D eigenvalue weighted by atomic mass is 10.2. The standard InChI is InChI=1S/C15H25N5O/c1-12(19-9-7-18(2)8-10-19)15(21)17-14-11-16-13-5-3-4-6-20(13)14/h11-12H,3-10H2,1-2H3,(H,17,21)/t12-/m1/s1. The minimum absolute atomic E-state index is 0.0767. The van der Waals surface area contributed by atoms with Gasteiger partial charge in [0.15, 0.2) is 0 Å². The van der Waals surface area contributed by atoms with Crippen LogP contribution in [0, 0.1) is 0 Å². The molecule has 0 aromatic carbocycles. The fourth-order valence-corrected chi connectivity index (χ4v) is 3.12. The Bertz CT molecular complexity index is 504. The lowest BCUT2D eigenvalue weighted by molar-refractivity contribution is -0.121. The average Bonchev–Trinajstić information content (AvgIpc) is 2.91. The molecule has 1 saturated heterocycles. The Labute approximate surface area is 126 Å². The summed E-state index contributed by atoms with van der Waals surface area (Å²) >= 11 is 0. The van der Waals surface area contributed by atoms with E-state index in [-0.39, 0.29) is 11.9 Å². The molecule has 2 aliphatic rings. The summed E-state index contributed by atoms with van der Waals surface area (Å²) in [4.78, 5) is 21.4. The molecule has 2 aliphatic heterocycles. The van der Waals surface area contributed by atoms with E-state index in [1.165, 1.54) is 12.8 Å². The Kier molecular flexibility index (Phi) is 4.26. The smallest absolute Gasteiger partial charge is 0.242 e. The maximum Gasteiger partial charge on any atom is 0.242 e. The van der Waals surface area contributed by atoms with Crippen LogP contribution < -0.4 is 5.32 Å². The first kappa shape index (κ1) is 14.5. The van der Waals surface area contributed by atoms with Gasteiger partial charge in [0.05, 0.1) is 12.2 Å². The summed E-state index contributed by atoms with van der Waals surface area (Å²) in [5.74, 6) is 2.03. The lowest BCUT2D eigenvalue weighted by Crippen LogP contribution is -2.51. The van der Waals surface area contributed by atoms with Gasteiger partial charge in [0, 0.05) is 39.1 Å². The number of aromatic nitrogens is 2. The van der Waals surface area contributed by atoms with Gasteiger partial charge in [0.1, 0.15) is 11.6 Å². The van der Waals surface area contributed by atoms with E-state index in [0.29, 0.717) is 0 Å². The van der Waals surface area contributed by atoms with Crippen molar-refractivity contribution in [3.05, 3.63) is 12.0 Å². The zero-order valence-corrected chi connectivity index (χ0v) is 13.0. The molecule has 1 N–H and O–H groups in total. The normalized spacial score (nSPS) is 21.8. The molecule has 1 atom stereocenters. The molecule has 0 bridgehead atoms. The molecular weight excluding hydrogens is 266 g/mol. The highest BCUT2D eigenvalue weighted by atomic mass is 16.2. The quantitative estimate of drug-likeness (QED) is 0.895. The summed E-state index contributed by atoms with van der Waals surface area (Å²) in [6.07, 6.45) is 5.18. The van der Waals surface area contributed by atoms with Crippen molar-refractivity contribution in [3.8, 4) is 0 Å². The first-order valence-corrected chi connectivity index (χ1v) is 7.93. The van der Waals surface area contributed by atoms with Gasteiger partial charge in [-0.15, -0.1) is 0 Å². The van der Waals surface area contributed by atoms with Gasteiger partial charge in [0.2, 0.25) is 5.91 Å². The van der Waals surface area contributed by atoms with E-state index < -0.39 is 0 Å². The van der Waals surface area contributed by atoms with Gasteiger partial charge >= 0.3 is 0 Å². The Morgan fingerprint density at radius 1 is 1.24 bits per heavy atom. The molecule has 1 aromatic heterocycles. The van der Waals surface area contributed by atoms with Crippen LogP contribution in [0.3, 0.4) is 0 Å². The van der Waals surface area contributed by atoms with E-state index in [2.05, 4.69) is 31.7 Å². The van der Waals surface area contributed by atoms with Crippen molar-refractivity contribution >= 4 is 11.7 Å². The van der Waals surface area contributed by atoms with Crippen LogP contribution in [0.5, 0.6) is 0 Å². The second-order valence-corrected chi connectivity index (χ2v) is 6.17. The number of rotatable bonds is 3. The summed E-state index contributed by atoms with van der Waals surface area (Å²) in [5.41, 5.74) is 0. The van der Waals surface area contributed by atoms with Crippen molar-refractivity contribution in [2.75, 3.05) is 38.5 Å². The van der Waals surface area contributed by atoms with Crippen molar-refractivity contribution in [2.45, 2.75) is 38.8 Å². The Morgan fingerprint density at radius 3 is 2.76 bits per heavy atom. The Hall–Kier alpha value is -1.40. The molecule has 1 amide bonds. The summed E-state index contributed by atoms with van der Waals surface area (Å²) in [7, 11) is 2.13. The van der Waals surface area contributed by atoms with Crippen LogP contribution in [0.25, 0.3) is 0 Å². The maximum atomic E-state index is 12.5. The predicted octanol–water partition coefficient (Wildman–Crippen LogP) is 0.794. The van der Waals surface area contributed by atoms with Gasteiger partial charge in [-0.1, -0.05) is 0 Å². The first-order valence-electron chi connectivity index (χ1n) is 7.93. The Morgan fingerprint density at radius 2 is 2.00 bits per heavy atom. The zero-order chi connectivity index (χ0) is 14.8. The van der Waals surface area contributed by atoms with Gasteiger partial charge in [-0.2, -0.15) is 0 Å². The van der Waals surface area contributed by atoms with Crippen LogP contribution in [0.2, 0.25) is 0 Å². The highest BCUT2D eigenvalue weighted by Gasteiger charge is 2.25.